The van der Waals surface area contributed by atoms with Crippen molar-refractivity contribution in [2.75, 3.05) is 26.3 Å². The molecule has 1 aliphatic carbocycles. The van der Waals surface area contributed by atoms with Crippen LogP contribution in [0.25, 0.3) is 0 Å². The summed E-state index contributed by atoms with van der Waals surface area (Å²) >= 11 is 0. The molecule has 1 atom stereocenters. The molecule has 5 heteroatoms. The second-order valence-electron chi connectivity index (χ2n) is 9.37. The molecule has 2 saturated heterocycles. The number of amides is 2. The Bertz CT molecular complexity index is 763. The Morgan fingerprint density at radius 3 is 2.55 bits per heavy atom. The number of rotatable bonds is 3. The van der Waals surface area contributed by atoms with Crippen LogP contribution in [-0.4, -0.2) is 49.1 Å². The van der Waals surface area contributed by atoms with E-state index < -0.39 is 0 Å². The first-order valence-electron chi connectivity index (χ1n) is 11.2. The van der Waals surface area contributed by atoms with Gasteiger partial charge in [-0.05, 0) is 51.2 Å². The van der Waals surface area contributed by atoms with Gasteiger partial charge in [-0.15, -0.1) is 0 Å². The molecule has 29 heavy (non-hydrogen) atoms. The van der Waals surface area contributed by atoms with Crippen molar-refractivity contribution in [3.8, 4) is 0 Å². The Kier molecular flexibility index (Phi) is 5.95. The van der Waals surface area contributed by atoms with Crippen molar-refractivity contribution < 1.29 is 14.3 Å². The van der Waals surface area contributed by atoms with Gasteiger partial charge >= 0.3 is 0 Å². The van der Waals surface area contributed by atoms with Gasteiger partial charge < -0.3 is 15.0 Å². The van der Waals surface area contributed by atoms with Crippen LogP contribution in [0, 0.1) is 25.2 Å². The molecule has 0 radical (unpaired) electrons. The van der Waals surface area contributed by atoms with E-state index >= 15 is 0 Å². The number of ether oxygens (including phenoxy) is 1. The lowest BCUT2D eigenvalue weighted by Crippen LogP contribution is -2.47. The smallest absolute Gasteiger partial charge is 0.254 e. The third-order valence-electron chi connectivity index (χ3n) is 7.32. The SMILES string of the molecule is Cc1ccc(C)c(C(=O)N2CC(C(=O)NC3CCCCC3)C3(CCOCC3)C2)c1. The van der Waals surface area contributed by atoms with E-state index in [1.807, 2.05) is 36.9 Å². The summed E-state index contributed by atoms with van der Waals surface area (Å²) in [5.41, 5.74) is 2.70. The average Bonchev–Trinajstić information content (AvgIpc) is 3.09. The molecule has 1 saturated carbocycles. The number of aryl methyl sites for hydroxylation is 2. The van der Waals surface area contributed by atoms with Gasteiger partial charge in [-0.2, -0.15) is 0 Å². The predicted molar refractivity (Wildman–Crippen MR) is 113 cm³/mol. The third kappa shape index (κ3) is 4.20. The van der Waals surface area contributed by atoms with E-state index in [9.17, 15) is 9.59 Å². The Labute approximate surface area is 174 Å². The summed E-state index contributed by atoms with van der Waals surface area (Å²) < 4.78 is 5.61. The van der Waals surface area contributed by atoms with Gasteiger partial charge in [0.2, 0.25) is 5.91 Å². The maximum Gasteiger partial charge on any atom is 0.254 e. The van der Waals surface area contributed by atoms with E-state index in [1.165, 1.54) is 19.3 Å². The normalized spacial score (nSPS) is 24.6. The first-order valence-corrected chi connectivity index (χ1v) is 11.2. The summed E-state index contributed by atoms with van der Waals surface area (Å²) in [6.07, 6.45) is 7.55. The molecule has 1 aromatic carbocycles. The van der Waals surface area contributed by atoms with Crippen molar-refractivity contribution in [2.45, 2.75) is 64.8 Å². The molecule has 2 aliphatic heterocycles. The molecule has 2 amide bonds. The Balaban J connectivity index is 1.54. The number of nitrogens with one attached hydrogen (secondary N) is 1. The Hall–Kier alpha value is -1.88. The highest BCUT2D eigenvalue weighted by Crippen LogP contribution is 2.45. The monoisotopic (exact) mass is 398 g/mol. The maximum atomic E-state index is 13.4. The number of hydrogen-bond donors (Lipinski definition) is 1. The zero-order chi connectivity index (χ0) is 20.4. The number of carbonyl (C=O) groups excluding carboxylic acids is 2. The minimum Gasteiger partial charge on any atom is -0.381 e. The van der Waals surface area contributed by atoms with Crippen LogP contribution < -0.4 is 5.32 Å². The Morgan fingerprint density at radius 2 is 1.83 bits per heavy atom. The van der Waals surface area contributed by atoms with E-state index in [4.69, 9.17) is 4.74 Å². The van der Waals surface area contributed by atoms with Crippen LogP contribution in [0.5, 0.6) is 0 Å². The summed E-state index contributed by atoms with van der Waals surface area (Å²) in [5, 5.41) is 3.33. The van der Waals surface area contributed by atoms with Gasteiger partial charge in [-0.1, -0.05) is 37.0 Å². The topological polar surface area (TPSA) is 58.6 Å². The highest BCUT2D eigenvalue weighted by molar-refractivity contribution is 5.96. The van der Waals surface area contributed by atoms with Gasteiger partial charge in [0.05, 0.1) is 5.92 Å². The van der Waals surface area contributed by atoms with Crippen LogP contribution in [-0.2, 0) is 9.53 Å². The molecular formula is C24H34N2O3. The van der Waals surface area contributed by atoms with Crippen LogP contribution in [0.3, 0.4) is 0 Å². The van der Waals surface area contributed by atoms with Crippen LogP contribution in [0.1, 0.15) is 66.4 Å². The number of benzene rings is 1. The van der Waals surface area contributed by atoms with Gasteiger partial charge in [0.15, 0.2) is 0 Å². The molecular weight excluding hydrogens is 364 g/mol. The minimum atomic E-state index is -0.148. The molecule has 0 aromatic heterocycles. The minimum absolute atomic E-state index is 0.0602. The number of hydrogen-bond acceptors (Lipinski definition) is 3. The van der Waals surface area contributed by atoms with Gasteiger partial charge in [0.25, 0.3) is 5.91 Å². The van der Waals surface area contributed by atoms with E-state index in [0.717, 1.165) is 42.4 Å². The van der Waals surface area contributed by atoms with Gasteiger partial charge in [-0.3, -0.25) is 9.59 Å². The van der Waals surface area contributed by atoms with Gasteiger partial charge in [-0.25, -0.2) is 0 Å². The molecule has 0 bridgehead atoms. The fraction of sp³-hybridized carbons (Fsp3) is 0.667. The van der Waals surface area contributed by atoms with E-state index in [2.05, 4.69) is 5.32 Å². The molecule has 158 valence electrons. The summed E-state index contributed by atoms with van der Waals surface area (Å²) in [6.45, 7) is 6.54. The zero-order valence-corrected chi connectivity index (χ0v) is 17.8. The molecule has 3 aliphatic rings. The lowest BCUT2D eigenvalue weighted by molar-refractivity contribution is -0.130. The first-order chi connectivity index (χ1) is 14.0. The number of likely N-dealkylation sites (tertiary alicyclic amines) is 1. The number of nitrogens with zero attached hydrogens (tertiary/aromatic N) is 1. The molecule has 4 rings (SSSR count). The molecule has 1 N–H and O–H groups in total. The van der Waals surface area contributed by atoms with Crippen LogP contribution >= 0.6 is 0 Å². The molecule has 1 aromatic rings. The lowest BCUT2D eigenvalue weighted by atomic mass is 9.71. The first kappa shape index (κ1) is 20.4. The summed E-state index contributed by atoms with van der Waals surface area (Å²) in [7, 11) is 0. The highest BCUT2D eigenvalue weighted by Gasteiger charge is 2.52. The van der Waals surface area contributed by atoms with Gasteiger partial charge in [0, 0.05) is 43.3 Å². The van der Waals surface area contributed by atoms with Crippen molar-refractivity contribution >= 4 is 11.8 Å². The third-order valence-corrected chi connectivity index (χ3v) is 7.32. The molecule has 5 nitrogen and oxygen atoms in total. The second-order valence-corrected chi connectivity index (χ2v) is 9.37. The lowest BCUT2D eigenvalue weighted by Gasteiger charge is -2.38. The standard InChI is InChI=1S/C24H34N2O3/c1-17-8-9-18(2)20(14-17)23(28)26-15-21(24(16-26)10-12-29-13-11-24)22(27)25-19-6-4-3-5-7-19/h8-9,14,19,21H,3-7,10-13,15-16H2,1-2H3,(H,25,27). The van der Waals surface area contributed by atoms with Crippen molar-refractivity contribution in [1.29, 1.82) is 0 Å². The van der Waals surface area contributed by atoms with Crippen molar-refractivity contribution in [3.05, 3.63) is 34.9 Å². The number of carbonyl (C=O) groups is 2. The fourth-order valence-corrected chi connectivity index (χ4v) is 5.45. The maximum absolute atomic E-state index is 13.4. The van der Waals surface area contributed by atoms with Crippen molar-refractivity contribution in [3.63, 3.8) is 0 Å². The quantitative estimate of drug-likeness (QED) is 0.846. The second kappa shape index (κ2) is 8.47. The highest BCUT2D eigenvalue weighted by atomic mass is 16.5. The van der Waals surface area contributed by atoms with E-state index in [0.29, 0.717) is 32.3 Å². The summed E-state index contributed by atoms with van der Waals surface area (Å²) in [4.78, 5) is 28.6. The van der Waals surface area contributed by atoms with Crippen molar-refractivity contribution in [1.82, 2.24) is 10.2 Å². The zero-order valence-electron chi connectivity index (χ0n) is 17.8. The van der Waals surface area contributed by atoms with Crippen molar-refractivity contribution in [2.24, 2.45) is 11.3 Å². The molecule has 2 heterocycles. The molecule has 1 spiro atoms. The molecule has 1 unspecified atom stereocenters. The largest absolute Gasteiger partial charge is 0.381 e. The van der Waals surface area contributed by atoms with Crippen LogP contribution in [0.15, 0.2) is 18.2 Å². The van der Waals surface area contributed by atoms with E-state index in [1.54, 1.807) is 0 Å². The predicted octanol–water partition coefficient (Wildman–Crippen LogP) is 3.62. The van der Waals surface area contributed by atoms with E-state index in [-0.39, 0.29) is 23.1 Å². The fourth-order valence-electron chi connectivity index (χ4n) is 5.45. The van der Waals surface area contributed by atoms with Crippen LogP contribution in [0.2, 0.25) is 0 Å². The van der Waals surface area contributed by atoms with Gasteiger partial charge in [0.1, 0.15) is 0 Å². The summed E-state index contributed by atoms with van der Waals surface area (Å²) in [6, 6.07) is 6.33. The average molecular weight is 399 g/mol. The Morgan fingerprint density at radius 1 is 1.10 bits per heavy atom. The van der Waals surface area contributed by atoms with Crippen LogP contribution in [0.4, 0.5) is 0 Å². The summed E-state index contributed by atoms with van der Waals surface area (Å²) in [5.74, 6) is 0.0717. The molecule has 3 fully saturated rings.